The van der Waals surface area contributed by atoms with Gasteiger partial charge in [-0.3, -0.25) is 5.10 Å². The number of nitrogens with zero attached hydrogens (tertiary/aromatic N) is 3. The van der Waals surface area contributed by atoms with Crippen molar-refractivity contribution in [2.45, 2.75) is 38.0 Å². The van der Waals surface area contributed by atoms with Crippen LogP contribution in [0.2, 0.25) is 5.02 Å². The molecular formula is C23H22ClN5. The van der Waals surface area contributed by atoms with Gasteiger partial charge in [-0.2, -0.15) is 5.10 Å². The summed E-state index contributed by atoms with van der Waals surface area (Å²) in [6.45, 7) is 0. The molecule has 5 nitrogen and oxygen atoms in total. The number of hydrogen-bond acceptors (Lipinski definition) is 4. The van der Waals surface area contributed by atoms with Gasteiger partial charge in [-0.15, -0.1) is 0 Å². The van der Waals surface area contributed by atoms with Crippen LogP contribution >= 0.6 is 11.6 Å². The van der Waals surface area contributed by atoms with Crippen LogP contribution in [0.25, 0.3) is 22.2 Å². The Morgan fingerprint density at radius 3 is 2.59 bits per heavy atom. The van der Waals surface area contributed by atoms with Crippen molar-refractivity contribution in [2.75, 3.05) is 5.32 Å². The third-order valence-corrected chi connectivity index (χ3v) is 5.95. The first-order valence-electron chi connectivity index (χ1n) is 10.1. The van der Waals surface area contributed by atoms with Crippen LogP contribution < -0.4 is 5.32 Å². The lowest BCUT2D eigenvalue weighted by Gasteiger charge is -2.22. The van der Waals surface area contributed by atoms with Crippen LogP contribution in [0.1, 0.15) is 43.7 Å². The van der Waals surface area contributed by atoms with Gasteiger partial charge >= 0.3 is 0 Å². The summed E-state index contributed by atoms with van der Waals surface area (Å²) >= 11 is 6.47. The lowest BCUT2D eigenvalue weighted by atomic mass is 9.86. The molecule has 0 spiro atoms. The number of aromatic amines is 1. The third-order valence-electron chi connectivity index (χ3n) is 5.62. The molecule has 2 N–H and O–H groups in total. The molecule has 0 atom stereocenters. The molecule has 1 aliphatic rings. The minimum Gasteiger partial charge on any atom is -0.307 e. The number of benzene rings is 2. The van der Waals surface area contributed by atoms with E-state index in [1.165, 1.54) is 32.1 Å². The van der Waals surface area contributed by atoms with Gasteiger partial charge in [0.1, 0.15) is 0 Å². The predicted molar refractivity (Wildman–Crippen MR) is 118 cm³/mol. The fraction of sp³-hybridized carbons (Fsp3) is 0.261. The van der Waals surface area contributed by atoms with Crippen molar-refractivity contribution >= 4 is 34.3 Å². The van der Waals surface area contributed by atoms with E-state index in [0.29, 0.717) is 16.9 Å². The molecule has 5 rings (SSSR count). The largest absolute Gasteiger partial charge is 0.307 e. The highest BCUT2D eigenvalue weighted by Gasteiger charge is 2.20. The van der Waals surface area contributed by atoms with E-state index in [4.69, 9.17) is 21.6 Å². The quantitative estimate of drug-likeness (QED) is 0.410. The highest BCUT2D eigenvalue weighted by atomic mass is 35.5. The number of para-hydroxylation sites is 1. The monoisotopic (exact) mass is 403 g/mol. The molecule has 0 bridgehead atoms. The Hall–Kier alpha value is -2.92. The molecule has 2 aromatic heterocycles. The fourth-order valence-electron chi connectivity index (χ4n) is 4.10. The van der Waals surface area contributed by atoms with Crippen LogP contribution in [-0.4, -0.2) is 20.2 Å². The molecule has 1 aliphatic carbocycles. The van der Waals surface area contributed by atoms with E-state index in [9.17, 15) is 0 Å². The summed E-state index contributed by atoms with van der Waals surface area (Å²) in [5, 5.41) is 12.5. The molecule has 2 aromatic carbocycles. The molecule has 146 valence electrons. The molecule has 1 saturated carbocycles. The lowest BCUT2D eigenvalue weighted by molar-refractivity contribution is 0.436. The fourth-order valence-corrected chi connectivity index (χ4v) is 4.33. The zero-order valence-corrected chi connectivity index (χ0v) is 16.8. The molecule has 29 heavy (non-hydrogen) atoms. The third kappa shape index (κ3) is 3.70. The molecule has 0 saturated heterocycles. The van der Waals surface area contributed by atoms with Crippen LogP contribution in [0.15, 0.2) is 54.6 Å². The number of nitrogens with one attached hydrogen (secondary N) is 2. The van der Waals surface area contributed by atoms with Crippen molar-refractivity contribution in [3.8, 4) is 11.3 Å². The predicted octanol–water partition coefficient (Wildman–Crippen LogP) is 6.46. The molecule has 0 aliphatic heterocycles. The Balaban J connectivity index is 1.58. The number of rotatable bonds is 4. The van der Waals surface area contributed by atoms with E-state index in [2.05, 4.69) is 21.6 Å². The first-order chi connectivity index (χ1) is 14.3. The van der Waals surface area contributed by atoms with Crippen LogP contribution in [0.4, 0.5) is 11.8 Å². The summed E-state index contributed by atoms with van der Waals surface area (Å²) in [4.78, 5) is 9.66. The highest BCUT2D eigenvalue weighted by Crippen LogP contribution is 2.35. The average molecular weight is 404 g/mol. The van der Waals surface area contributed by atoms with Crippen LogP contribution in [0, 0.1) is 0 Å². The first-order valence-corrected chi connectivity index (χ1v) is 10.5. The molecule has 4 aromatic rings. The first kappa shape index (κ1) is 18.1. The minimum absolute atomic E-state index is 0.462. The lowest BCUT2D eigenvalue weighted by Crippen LogP contribution is -2.09. The van der Waals surface area contributed by atoms with E-state index in [0.717, 1.165) is 33.7 Å². The van der Waals surface area contributed by atoms with Gasteiger partial charge in [0, 0.05) is 27.6 Å². The Kier molecular flexibility index (Phi) is 4.90. The van der Waals surface area contributed by atoms with E-state index >= 15 is 0 Å². The smallest absolute Gasteiger partial charge is 0.229 e. The second kappa shape index (κ2) is 7.84. The molecule has 0 amide bonds. The number of halogens is 1. The summed E-state index contributed by atoms with van der Waals surface area (Å²) in [6, 6.07) is 17.9. The molecule has 1 fully saturated rings. The topological polar surface area (TPSA) is 66.5 Å². The molecule has 0 radical (unpaired) electrons. The van der Waals surface area contributed by atoms with Gasteiger partial charge in [0.25, 0.3) is 0 Å². The summed E-state index contributed by atoms with van der Waals surface area (Å²) < 4.78 is 0. The Morgan fingerprint density at radius 1 is 0.931 bits per heavy atom. The van der Waals surface area contributed by atoms with Gasteiger partial charge in [0.2, 0.25) is 5.95 Å². The maximum absolute atomic E-state index is 6.47. The number of hydrogen-bond donors (Lipinski definition) is 2. The summed E-state index contributed by atoms with van der Waals surface area (Å²) in [5.41, 5.74) is 3.82. The van der Waals surface area contributed by atoms with Crippen LogP contribution in [0.5, 0.6) is 0 Å². The molecular weight excluding hydrogens is 382 g/mol. The number of fused-ring (bicyclic) bond motifs is 1. The summed E-state index contributed by atoms with van der Waals surface area (Å²) in [5.74, 6) is 1.75. The molecule has 6 heteroatoms. The molecule has 2 heterocycles. The normalized spacial score (nSPS) is 14.9. The van der Waals surface area contributed by atoms with Crippen molar-refractivity contribution in [1.82, 2.24) is 20.2 Å². The highest BCUT2D eigenvalue weighted by molar-refractivity contribution is 6.33. The van der Waals surface area contributed by atoms with Crippen molar-refractivity contribution < 1.29 is 0 Å². The van der Waals surface area contributed by atoms with Gasteiger partial charge in [0.05, 0.1) is 11.2 Å². The Labute approximate surface area is 174 Å². The van der Waals surface area contributed by atoms with Gasteiger partial charge in [-0.05, 0) is 37.1 Å². The van der Waals surface area contributed by atoms with Crippen LogP contribution in [-0.2, 0) is 0 Å². The van der Waals surface area contributed by atoms with Gasteiger partial charge < -0.3 is 5.32 Å². The maximum Gasteiger partial charge on any atom is 0.229 e. The molecule has 0 unspecified atom stereocenters. The van der Waals surface area contributed by atoms with Gasteiger partial charge in [0.15, 0.2) is 5.82 Å². The number of H-pyrrole nitrogens is 1. The zero-order chi connectivity index (χ0) is 19.6. The zero-order valence-electron chi connectivity index (χ0n) is 16.0. The second-order valence-corrected chi connectivity index (χ2v) is 7.97. The minimum atomic E-state index is 0.462. The summed E-state index contributed by atoms with van der Waals surface area (Å²) in [6.07, 6.45) is 6.16. The van der Waals surface area contributed by atoms with E-state index in [1.807, 2.05) is 48.5 Å². The maximum atomic E-state index is 6.47. The summed E-state index contributed by atoms with van der Waals surface area (Å²) in [7, 11) is 0. The van der Waals surface area contributed by atoms with Gasteiger partial charge in [-0.1, -0.05) is 61.2 Å². The van der Waals surface area contributed by atoms with Crippen LogP contribution in [0.3, 0.4) is 0 Å². The van der Waals surface area contributed by atoms with Gasteiger partial charge in [-0.25, -0.2) is 9.97 Å². The van der Waals surface area contributed by atoms with Crippen molar-refractivity contribution in [1.29, 1.82) is 0 Å². The van der Waals surface area contributed by atoms with E-state index in [1.54, 1.807) is 0 Å². The van der Waals surface area contributed by atoms with Crippen molar-refractivity contribution in [3.05, 3.63) is 65.3 Å². The van der Waals surface area contributed by atoms with E-state index in [-0.39, 0.29) is 0 Å². The van der Waals surface area contributed by atoms with Crippen molar-refractivity contribution in [2.24, 2.45) is 0 Å². The Morgan fingerprint density at radius 2 is 1.72 bits per heavy atom. The average Bonchev–Trinajstić information content (AvgIpc) is 3.17. The SMILES string of the molecule is Clc1ccccc1-c1cc(C2CCCCC2)nc(Nc2n[nH]c3ccccc23)n1. The second-order valence-electron chi connectivity index (χ2n) is 7.56. The number of anilines is 2. The van der Waals surface area contributed by atoms with E-state index < -0.39 is 0 Å². The standard InChI is InChI=1S/C23H22ClN5/c24-18-12-6-4-10-16(18)21-14-20(15-8-2-1-3-9-15)25-23(26-21)27-22-17-11-5-7-13-19(17)28-29-22/h4-7,10-15H,1-3,8-9H2,(H2,25,26,27,28,29). The number of aromatic nitrogens is 4. The van der Waals surface area contributed by atoms with Crippen molar-refractivity contribution in [3.63, 3.8) is 0 Å². The Bertz CT molecular complexity index is 1150.